The van der Waals surface area contributed by atoms with Crippen LogP contribution >= 0.6 is 0 Å². The van der Waals surface area contributed by atoms with Crippen LogP contribution in [0.15, 0.2) is 40.3 Å². The number of esters is 1. The van der Waals surface area contributed by atoms with Gasteiger partial charge in [0.05, 0.1) is 17.9 Å². The molecule has 0 saturated heterocycles. The first-order valence-corrected chi connectivity index (χ1v) is 7.22. The van der Waals surface area contributed by atoms with Gasteiger partial charge in [-0.25, -0.2) is 9.59 Å². The molecule has 0 spiro atoms. The largest absolute Gasteiger partial charge is 0.460 e. The molecule has 0 radical (unpaired) electrons. The van der Waals surface area contributed by atoms with Crippen molar-refractivity contribution in [1.29, 1.82) is 0 Å². The number of carbonyl (C=O) groups is 2. The van der Waals surface area contributed by atoms with E-state index in [0.29, 0.717) is 10.8 Å². The molecular formula is C15H15FN4O5. The van der Waals surface area contributed by atoms with Crippen LogP contribution in [-0.4, -0.2) is 32.5 Å². The van der Waals surface area contributed by atoms with Crippen molar-refractivity contribution in [3.63, 3.8) is 0 Å². The number of aromatic amines is 1. The van der Waals surface area contributed by atoms with Crippen molar-refractivity contribution in [2.75, 3.05) is 0 Å². The van der Waals surface area contributed by atoms with Gasteiger partial charge < -0.3 is 10.1 Å². The van der Waals surface area contributed by atoms with Crippen molar-refractivity contribution in [2.45, 2.75) is 26.1 Å². The molecule has 2 N–H and O–H groups in total. The average molecular weight is 350 g/mol. The van der Waals surface area contributed by atoms with Gasteiger partial charge in [-0.1, -0.05) is 0 Å². The SMILES string of the molecule is CC(C)OC(=O)C(NC(=O)c1cccnc1)n1cc(F)c(=O)[nH]c1=O. The lowest BCUT2D eigenvalue weighted by molar-refractivity contribution is -0.152. The van der Waals surface area contributed by atoms with Crippen molar-refractivity contribution in [3.8, 4) is 0 Å². The van der Waals surface area contributed by atoms with E-state index in [1.807, 2.05) is 0 Å². The Morgan fingerprint density at radius 2 is 2.08 bits per heavy atom. The number of nitrogens with zero attached hydrogens (tertiary/aromatic N) is 2. The minimum atomic E-state index is -1.67. The molecule has 9 nitrogen and oxygen atoms in total. The molecule has 0 fully saturated rings. The van der Waals surface area contributed by atoms with E-state index in [1.165, 1.54) is 24.5 Å². The lowest BCUT2D eigenvalue weighted by atomic mass is 10.2. The van der Waals surface area contributed by atoms with Crippen molar-refractivity contribution in [2.24, 2.45) is 0 Å². The van der Waals surface area contributed by atoms with E-state index in [0.717, 1.165) is 0 Å². The number of hydrogen-bond acceptors (Lipinski definition) is 6. The minimum Gasteiger partial charge on any atom is -0.460 e. The minimum absolute atomic E-state index is 0.114. The Kier molecular flexibility index (Phi) is 5.42. The van der Waals surface area contributed by atoms with Crippen LogP contribution in [0.25, 0.3) is 0 Å². The Morgan fingerprint density at radius 3 is 2.68 bits per heavy atom. The Hall–Kier alpha value is -3.30. The maximum atomic E-state index is 13.5. The maximum absolute atomic E-state index is 13.5. The summed E-state index contributed by atoms with van der Waals surface area (Å²) in [4.78, 5) is 53.0. The predicted octanol–water partition coefficient (Wildman–Crippen LogP) is -0.0491. The highest BCUT2D eigenvalue weighted by Crippen LogP contribution is 2.07. The summed E-state index contributed by atoms with van der Waals surface area (Å²) < 4.78 is 19.1. The number of aromatic nitrogens is 3. The molecule has 132 valence electrons. The summed E-state index contributed by atoms with van der Waals surface area (Å²) in [6, 6.07) is 2.94. The van der Waals surface area contributed by atoms with E-state index in [9.17, 15) is 23.6 Å². The van der Waals surface area contributed by atoms with Crippen molar-refractivity contribution in [3.05, 3.63) is 62.9 Å². The van der Waals surface area contributed by atoms with Crippen molar-refractivity contribution in [1.82, 2.24) is 19.9 Å². The lowest BCUT2D eigenvalue weighted by Gasteiger charge is -2.20. The molecule has 1 unspecified atom stereocenters. The first-order chi connectivity index (χ1) is 11.8. The van der Waals surface area contributed by atoms with E-state index in [-0.39, 0.29) is 5.56 Å². The number of ether oxygens (including phenoxy) is 1. The van der Waals surface area contributed by atoms with E-state index in [4.69, 9.17) is 4.74 Å². The molecule has 0 bridgehead atoms. The molecule has 1 amide bonds. The third kappa shape index (κ3) is 4.37. The van der Waals surface area contributed by atoms with Gasteiger partial charge in [0.15, 0.2) is 0 Å². The standard InChI is InChI=1S/C15H15FN4O5/c1-8(2)25-14(23)11(18-12(21)9-4-3-5-17-6-9)20-7-10(16)13(22)19-15(20)24/h3-8,11H,1-2H3,(H,18,21)(H,19,22,24). The van der Waals surface area contributed by atoms with Gasteiger partial charge in [0, 0.05) is 12.4 Å². The Balaban J connectivity index is 2.42. The van der Waals surface area contributed by atoms with Gasteiger partial charge in [-0.2, -0.15) is 4.39 Å². The number of pyridine rings is 1. The molecule has 0 aliphatic rings. The van der Waals surface area contributed by atoms with Crippen LogP contribution in [0.3, 0.4) is 0 Å². The fourth-order valence-electron chi connectivity index (χ4n) is 1.90. The van der Waals surface area contributed by atoms with Crippen LogP contribution in [-0.2, 0) is 9.53 Å². The van der Waals surface area contributed by atoms with Gasteiger partial charge in [-0.05, 0) is 26.0 Å². The second kappa shape index (κ2) is 7.51. The maximum Gasteiger partial charge on any atom is 0.350 e. The molecule has 0 aromatic carbocycles. The smallest absolute Gasteiger partial charge is 0.350 e. The molecule has 2 aromatic heterocycles. The monoisotopic (exact) mass is 350 g/mol. The average Bonchev–Trinajstić information content (AvgIpc) is 2.56. The number of H-pyrrole nitrogens is 1. The molecule has 0 aliphatic heterocycles. The molecule has 1 atom stereocenters. The summed E-state index contributed by atoms with van der Waals surface area (Å²) in [5.41, 5.74) is -2.21. The first-order valence-electron chi connectivity index (χ1n) is 7.22. The van der Waals surface area contributed by atoms with Crippen LogP contribution in [0.4, 0.5) is 4.39 Å². The first kappa shape index (κ1) is 18.0. The van der Waals surface area contributed by atoms with E-state index in [2.05, 4.69) is 10.3 Å². The molecular weight excluding hydrogens is 335 g/mol. The molecule has 0 aliphatic carbocycles. The molecule has 25 heavy (non-hydrogen) atoms. The lowest BCUT2D eigenvalue weighted by Crippen LogP contribution is -2.45. The number of amides is 1. The molecule has 2 aromatic rings. The van der Waals surface area contributed by atoms with Gasteiger partial charge in [0.25, 0.3) is 11.5 Å². The van der Waals surface area contributed by atoms with Gasteiger partial charge in [-0.3, -0.25) is 24.1 Å². The highest BCUT2D eigenvalue weighted by Gasteiger charge is 2.27. The summed E-state index contributed by atoms with van der Waals surface area (Å²) in [5, 5.41) is 2.26. The number of halogens is 1. The zero-order valence-corrected chi connectivity index (χ0v) is 13.4. The third-order valence-corrected chi connectivity index (χ3v) is 2.97. The van der Waals surface area contributed by atoms with Crippen LogP contribution in [0.5, 0.6) is 0 Å². The van der Waals surface area contributed by atoms with E-state index >= 15 is 0 Å². The Labute approximate surface area is 140 Å². The van der Waals surface area contributed by atoms with Crippen LogP contribution < -0.4 is 16.6 Å². The normalized spacial score (nSPS) is 11.8. The zero-order chi connectivity index (χ0) is 18.6. The van der Waals surface area contributed by atoms with Crippen LogP contribution in [0.1, 0.15) is 30.4 Å². The second-order valence-corrected chi connectivity index (χ2v) is 5.25. The molecule has 2 rings (SSSR count). The van der Waals surface area contributed by atoms with Gasteiger partial charge in [0.1, 0.15) is 0 Å². The zero-order valence-electron chi connectivity index (χ0n) is 13.4. The molecule has 2 heterocycles. The van der Waals surface area contributed by atoms with Gasteiger partial charge in [-0.15, -0.1) is 0 Å². The number of nitrogens with one attached hydrogen (secondary N) is 2. The fraction of sp³-hybridized carbons (Fsp3) is 0.267. The summed E-state index contributed by atoms with van der Waals surface area (Å²) >= 11 is 0. The predicted molar refractivity (Wildman–Crippen MR) is 83.2 cm³/mol. The Morgan fingerprint density at radius 1 is 1.36 bits per heavy atom. The molecule has 0 saturated carbocycles. The Bertz CT molecular complexity index is 891. The summed E-state index contributed by atoms with van der Waals surface area (Å²) in [6.07, 6.45) is 0.999. The summed E-state index contributed by atoms with van der Waals surface area (Å²) in [7, 11) is 0. The molecule has 10 heteroatoms. The van der Waals surface area contributed by atoms with Gasteiger partial charge >= 0.3 is 11.7 Å². The second-order valence-electron chi connectivity index (χ2n) is 5.25. The number of carbonyl (C=O) groups excluding carboxylic acids is 2. The topological polar surface area (TPSA) is 123 Å². The number of rotatable bonds is 5. The van der Waals surface area contributed by atoms with Crippen molar-refractivity contribution < 1.29 is 18.7 Å². The van der Waals surface area contributed by atoms with E-state index in [1.54, 1.807) is 18.8 Å². The quantitative estimate of drug-likeness (QED) is 0.729. The van der Waals surface area contributed by atoms with Gasteiger partial charge in [0.2, 0.25) is 12.0 Å². The third-order valence-electron chi connectivity index (χ3n) is 2.97. The van der Waals surface area contributed by atoms with Crippen molar-refractivity contribution >= 4 is 11.9 Å². The highest BCUT2D eigenvalue weighted by atomic mass is 19.1. The van der Waals surface area contributed by atoms with Crippen LogP contribution in [0, 0.1) is 5.82 Å². The van der Waals surface area contributed by atoms with Crippen LogP contribution in [0.2, 0.25) is 0 Å². The summed E-state index contributed by atoms with van der Waals surface area (Å²) in [6.45, 7) is 3.13. The fourth-order valence-corrected chi connectivity index (χ4v) is 1.90. The summed E-state index contributed by atoms with van der Waals surface area (Å²) in [5.74, 6) is -3.03. The number of hydrogen-bond donors (Lipinski definition) is 2. The van der Waals surface area contributed by atoms with E-state index < -0.39 is 41.2 Å². The highest BCUT2D eigenvalue weighted by molar-refractivity contribution is 5.95.